The number of fused-ring (bicyclic) bond motifs is 7. The van der Waals surface area contributed by atoms with E-state index in [0.29, 0.717) is 126 Å². The van der Waals surface area contributed by atoms with E-state index in [1.807, 2.05) is 26.0 Å². The Kier molecular flexibility index (Phi) is 40.4. The molecular weight excluding hydrogens is 1350 g/mol. The predicted molar refractivity (Wildman–Crippen MR) is 322 cm³/mol. The van der Waals surface area contributed by atoms with Gasteiger partial charge in [0.15, 0.2) is 23.7 Å². The number of aliphatic hydroxyl groups excluding tert-OH is 12. The van der Waals surface area contributed by atoms with E-state index in [9.17, 15) is 19.8 Å². The molecule has 0 spiro atoms. The Labute approximate surface area is 551 Å². The van der Waals surface area contributed by atoms with Crippen molar-refractivity contribution in [2.45, 2.75) is 115 Å². The SMILES string of the molecule is CCc1c(CC)c2cc3nc(cnc4cc(OCCOCCOCCOC)c(OCCOCCOCCOC)cc4ncc4nc(cc1[n-]2)C(CCCO)=C4C)C(C)=C3CCCO.O=C(O)[C@H](O)[C@@H](O)[C@H](O)[C@H](O)CO.O=C(O)[C@H](O)[C@@H](O)[C@H](O)[C@H](O)CO.[Lu]. The Hall–Kier alpha value is -4.81. The zero-order chi connectivity index (χ0) is 66.0. The molecule has 14 N–H and O–H groups in total. The van der Waals surface area contributed by atoms with Crippen LogP contribution in [0.4, 0.5) is 0 Å². The third-order valence-electron chi connectivity index (χ3n) is 13.7. The van der Waals surface area contributed by atoms with Gasteiger partial charge in [0.1, 0.15) is 49.8 Å². The first kappa shape index (κ1) is 81.3. The number of aromatic nitrogens is 5. The number of carbonyl (C=O) groups is 2. The summed E-state index contributed by atoms with van der Waals surface area (Å²) in [7, 11) is 3.27. The summed E-state index contributed by atoms with van der Waals surface area (Å²) in [4.78, 5) is 45.6. The maximum Gasteiger partial charge on any atom is 0.335 e. The standard InChI is InChI=1S/C48H66N5O10.2C6H12O7.Lu/c1-7-35-36(8-2)40-28-42-38(12-10-14-55)34(4)46(53-42)32-50-44-30-48(63-26-24-61-22-20-59-18-16-57-6)47(62-25-23-60-21-19-58-17-15-56-5)29-43(44)49-31-45-33(3)37(11-9-13-54)41(52-45)27-39(35)51-40;2*7-1-2(8)3(9)4(10)5(11)6(12)13;/h27-32,54-55H,7-26H2,1-6H3;2*2-5,7-11H,1H2,(H,12,13);/q-1;;;/t;2*2-,3-,4+,5-;/m.11./s1. The number of carboxylic acids is 2. The number of carboxylic acid groups (broad SMARTS) is 2. The molecule has 0 saturated carbocycles. The maximum atomic E-state index is 10.1. The number of ether oxygens (including phenoxy) is 8. The number of methoxy groups -OCH3 is 2. The monoisotopic (exact) mass is 1440 g/mol. The van der Waals surface area contributed by atoms with E-state index in [-0.39, 0.29) is 63.3 Å². The average Bonchev–Trinajstić information content (AvgIpc) is 1.91. The molecular formula is C60H90LuN5O24-. The van der Waals surface area contributed by atoms with E-state index in [0.717, 1.165) is 57.6 Å². The number of benzene rings is 1. The molecule has 29 nitrogen and oxygen atoms in total. The van der Waals surface area contributed by atoms with Crippen LogP contribution >= 0.6 is 0 Å². The van der Waals surface area contributed by atoms with Crippen molar-refractivity contribution < 1.29 is 156 Å². The van der Waals surface area contributed by atoms with Crippen molar-refractivity contribution >= 4 is 56.3 Å². The predicted octanol–water partition coefficient (Wildman–Crippen LogP) is -0.370. The summed E-state index contributed by atoms with van der Waals surface area (Å²) in [5.41, 5.74) is 12.2. The van der Waals surface area contributed by atoms with E-state index < -0.39 is 74.0 Å². The minimum absolute atomic E-state index is 0. The van der Waals surface area contributed by atoms with Crippen LogP contribution in [0.3, 0.4) is 0 Å². The second kappa shape index (κ2) is 44.7. The topological polar surface area (TPSA) is 457 Å². The third-order valence-corrected chi connectivity index (χ3v) is 13.7. The van der Waals surface area contributed by atoms with Crippen LogP contribution in [0.2, 0.25) is 0 Å². The number of aliphatic hydroxyl groups is 12. The number of aryl methyl sites for hydroxylation is 2. The molecule has 2 aliphatic rings. The van der Waals surface area contributed by atoms with Crippen LogP contribution in [0, 0.1) is 36.9 Å². The minimum Gasteiger partial charge on any atom is -0.657 e. The first-order chi connectivity index (χ1) is 42.7. The Balaban J connectivity index is 0.000000847. The maximum absolute atomic E-state index is 10.1. The Morgan fingerprint density at radius 2 is 0.822 bits per heavy atom. The molecule has 3 aromatic rings. The number of hydrogen-bond acceptors (Lipinski definition) is 26. The molecule has 1 radical (unpaired) electrons. The zero-order valence-corrected chi connectivity index (χ0v) is 53.1. The second-order valence-corrected chi connectivity index (χ2v) is 19.9. The number of hydrogen-bond donors (Lipinski definition) is 14. The molecule has 2 aliphatic heterocycles. The van der Waals surface area contributed by atoms with Gasteiger partial charge in [-0.05, 0) is 74.7 Å². The van der Waals surface area contributed by atoms with Gasteiger partial charge in [-0.3, -0.25) is 9.97 Å². The number of allylic oxidation sites excluding steroid dienone is 4. The van der Waals surface area contributed by atoms with Crippen LogP contribution in [0.1, 0.15) is 87.3 Å². The first-order valence-corrected chi connectivity index (χ1v) is 29.0. The van der Waals surface area contributed by atoms with Crippen molar-refractivity contribution in [1.29, 1.82) is 0 Å². The molecule has 30 heteroatoms. The van der Waals surface area contributed by atoms with Gasteiger partial charge in [0.2, 0.25) is 0 Å². The van der Waals surface area contributed by atoms with Crippen LogP contribution in [0.25, 0.3) is 44.4 Å². The summed E-state index contributed by atoms with van der Waals surface area (Å²) >= 11 is 0. The molecule has 0 fully saturated rings. The van der Waals surface area contributed by atoms with Crippen molar-refractivity contribution in [3.8, 4) is 11.5 Å². The molecule has 90 heavy (non-hydrogen) atoms. The van der Waals surface area contributed by atoms with Gasteiger partial charge in [0.05, 0.1) is 125 Å². The minimum atomic E-state index is -2.20. The van der Waals surface area contributed by atoms with Crippen LogP contribution < -0.4 is 14.5 Å². The largest absolute Gasteiger partial charge is 0.657 e. The molecule has 6 bridgehead atoms. The molecule has 2 aromatic heterocycles. The number of aliphatic carboxylic acids is 2. The zero-order valence-electron chi connectivity index (χ0n) is 51.5. The molecule has 0 saturated heterocycles. The van der Waals surface area contributed by atoms with E-state index in [1.165, 1.54) is 11.1 Å². The Morgan fingerprint density at radius 1 is 0.489 bits per heavy atom. The van der Waals surface area contributed by atoms with Crippen molar-refractivity contribution in [2.75, 3.05) is 120 Å². The molecule has 0 unspecified atom stereocenters. The van der Waals surface area contributed by atoms with Crippen molar-refractivity contribution in [1.82, 2.24) is 24.9 Å². The quantitative estimate of drug-likeness (QED) is 0.0326. The first-order valence-electron chi connectivity index (χ1n) is 29.0. The fourth-order valence-electron chi connectivity index (χ4n) is 8.67. The van der Waals surface area contributed by atoms with Gasteiger partial charge >= 0.3 is 11.9 Å². The smallest absolute Gasteiger partial charge is 0.335 e. The molecule has 8 atom stereocenters. The van der Waals surface area contributed by atoms with Gasteiger partial charge in [-0.15, -0.1) is 11.0 Å². The van der Waals surface area contributed by atoms with E-state index in [2.05, 4.69) is 26.0 Å². The summed E-state index contributed by atoms with van der Waals surface area (Å²) in [5, 5.41) is 123. The number of rotatable bonds is 38. The molecule has 0 amide bonds. The number of nitrogens with zero attached hydrogens (tertiary/aromatic N) is 5. The van der Waals surface area contributed by atoms with E-state index in [1.54, 1.807) is 26.6 Å². The summed E-state index contributed by atoms with van der Waals surface area (Å²) in [6.45, 7) is 11.7. The summed E-state index contributed by atoms with van der Waals surface area (Å²) in [5.74, 6) is -2.53. The third kappa shape index (κ3) is 25.9. The summed E-state index contributed by atoms with van der Waals surface area (Å²) in [6, 6.07) is 7.78. The van der Waals surface area contributed by atoms with Crippen LogP contribution in [-0.2, 0) is 50.9 Å². The van der Waals surface area contributed by atoms with Crippen molar-refractivity contribution in [2.24, 2.45) is 0 Å². The van der Waals surface area contributed by atoms with Crippen LogP contribution in [-0.4, -0.2) is 272 Å². The van der Waals surface area contributed by atoms with Gasteiger partial charge < -0.3 is 114 Å². The van der Waals surface area contributed by atoms with Crippen LogP contribution in [0.15, 0.2) is 36.7 Å². The molecule has 0 aliphatic carbocycles. The fourth-order valence-corrected chi connectivity index (χ4v) is 8.67. The molecule has 4 heterocycles. The van der Waals surface area contributed by atoms with Crippen molar-refractivity contribution in [3.05, 3.63) is 70.6 Å². The summed E-state index contributed by atoms with van der Waals surface area (Å²) < 4.78 is 45.3. The molecule has 1 aromatic carbocycles. The van der Waals surface area contributed by atoms with Crippen LogP contribution in [0.5, 0.6) is 11.5 Å². The van der Waals surface area contributed by atoms with Gasteiger partial charge in [-0.2, -0.15) is 0 Å². The summed E-state index contributed by atoms with van der Waals surface area (Å²) in [6.07, 6.45) is -8.06. The van der Waals surface area contributed by atoms with Gasteiger partial charge in [-0.1, -0.05) is 37.1 Å². The normalized spacial score (nSPS) is 14.8. The van der Waals surface area contributed by atoms with Crippen molar-refractivity contribution in [3.63, 3.8) is 0 Å². The second-order valence-electron chi connectivity index (χ2n) is 19.9. The fraction of sp³-hybridized carbons (Fsp3) is 0.600. The Morgan fingerprint density at radius 3 is 1.12 bits per heavy atom. The van der Waals surface area contributed by atoms with Gasteiger partial charge in [-0.25, -0.2) is 19.6 Å². The average molecular weight is 1440 g/mol. The van der Waals surface area contributed by atoms with E-state index in [4.69, 9.17) is 124 Å². The van der Waals surface area contributed by atoms with E-state index >= 15 is 0 Å². The van der Waals surface area contributed by atoms with Gasteiger partial charge in [0.25, 0.3) is 0 Å². The molecule has 515 valence electrons. The Bertz CT molecular complexity index is 2710. The molecule has 5 rings (SSSR count). The van der Waals surface area contributed by atoms with Gasteiger partial charge in [0, 0.05) is 76.4 Å².